The van der Waals surface area contributed by atoms with Gasteiger partial charge in [-0.25, -0.2) is 14.4 Å². The predicted molar refractivity (Wildman–Crippen MR) is 108 cm³/mol. The number of halogens is 3. The zero-order valence-corrected chi connectivity index (χ0v) is 16.0. The topological polar surface area (TPSA) is 38.1 Å². The maximum absolute atomic E-state index is 13.4. The first-order valence-electron chi connectivity index (χ1n) is 7.87. The highest BCUT2D eigenvalue weighted by atomic mass is 79.9. The van der Waals surface area contributed by atoms with E-state index < -0.39 is 5.82 Å². The van der Waals surface area contributed by atoms with Crippen molar-refractivity contribution in [2.24, 2.45) is 4.99 Å². The van der Waals surface area contributed by atoms with E-state index in [1.54, 1.807) is 6.20 Å². The molecule has 4 rings (SSSR count). The van der Waals surface area contributed by atoms with Gasteiger partial charge in [-0.2, -0.15) is 0 Å². The highest BCUT2D eigenvalue weighted by Crippen LogP contribution is 2.35. The maximum atomic E-state index is 13.4. The lowest BCUT2D eigenvalue weighted by Gasteiger charge is -2.07. The van der Waals surface area contributed by atoms with Gasteiger partial charge in [0.15, 0.2) is 0 Å². The van der Waals surface area contributed by atoms with E-state index in [-0.39, 0.29) is 5.02 Å². The van der Waals surface area contributed by atoms with Crippen molar-refractivity contribution in [2.75, 3.05) is 0 Å². The molecule has 0 saturated carbocycles. The van der Waals surface area contributed by atoms with Gasteiger partial charge in [0.05, 0.1) is 33.1 Å². The van der Waals surface area contributed by atoms with E-state index in [1.165, 1.54) is 12.1 Å². The Bertz CT molecular complexity index is 1170. The quantitative estimate of drug-likeness (QED) is 0.271. The molecule has 0 spiro atoms. The number of rotatable bonds is 2. The van der Waals surface area contributed by atoms with Gasteiger partial charge in [-0.15, -0.1) is 0 Å². The summed E-state index contributed by atoms with van der Waals surface area (Å²) < 4.78 is 13.9. The summed E-state index contributed by atoms with van der Waals surface area (Å²) in [6, 6.07) is 14.4. The van der Waals surface area contributed by atoms with E-state index in [2.05, 4.69) is 25.9 Å². The van der Waals surface area contributed by atoms with Crippen molar-refractivity contribution in [1.82, 2.24) is 9.97 Å². The normalized spacial score (nSPS) is 12.1. The minimum atomic E-state index is -0.417. The molecule has 2 heterocycles. The van der Waals surface area contributed by atoms with Crippen LogP contribution in [-0.2, 0) is 0 Å². The Morgan fingerprint density at radius 3 is 2.58 bits per heavy atom. The Morgan fingerprint density at radius 2 is 1.81 bits per heavy atom. The Kier molecular flexibility index (Phi) is 4.42. The number of pyridine rings is 2. The molecular weight excluding hydrogens is 417 g/mol. The number of aliphatic imine (C=N–C) groups is 1. The molecule has 3 nitrogen and oxygen atoms in total. The van der Waals surface area contributed by atoms with E-state index >= 15 is 0 Å². The van der Waals surface area contributed by atoms with Crippen LogP contribution in [0.1, 0.15) is 12.6 Å². The van der Waals surface area contributed by atoms with Crippen LogP contribution in [0.2, 0.25) is 5.02 Å². The lowest BCUT2D eigenvalue weighted by atomic mass is 10.1. The fraction of sp³-hybridized carbons (Fsp3) is 0.0500. The van der Waals surface area contributed by atoms with Gasteiger partial charge in [-0.1, -0.05) is 35.9 Å². The van der Waals surface area contributed by atoms with Gasteiger partial charge in [0.25, 0.3) is 0 Å². The smallest absolute Gasteiger partial charge is 0.125 e. The van der Waals surface area contributed by atoms with Crippen LogP contribution in [0.4, 0.5) is 10.1 Å². The minimum Gasteiger partial charge on any atom is -0.254 e. The first-order valence-corrected chi connectivity index (χ1v) is 9.05. The monoisotopic (exact) mass is 427 g/mol. The molecule has 0 amide bonds. The van der Waals surface area contributed by atoms with Crippen LogP contribution in [0.3, 0.4) is 0 Å². The highest BCUT2D eigenvalue weighted by Gasteiger charge is 2.10. The molecule has 0 aliphatic carbocycles. The third-order valence-electron chi connectivity index (χ3n) is 4.06. The van der Waals surface area contributed by atoms with Gasteiger partial charge in [0.1, 0.15) is 5.82 Å². The zero-order valence-electron chi connectivity index (χ0n) is 13.7. The fourth-order valence-electron chi connectivity index (χ4n) is 2.79. The second kappa shape index (κ2) is 6.74. The first-order chi connectivity index (χ1) is 12.5. The van der Waals surface area contributed by atoms with Gasteiger partial charge in [-0.3, -0.25) is 4.98 Å². The van der Waals surface area contributed by atoms with Crippen molar-refractivity contribution in [3.63, 3.8) is 0 Å². The molecule has 0 N–H and O–H groups in total. The van der Waals surface area contributed by atoms with Crippen LogP contribution in [0, 0.1) is 5.82 Å². The molecule has 2 aromatic heterocycles. The fourth-order valence-corrected chi connectivity index (χ4v) is 3.67. The van der Waals surface area contributed by atoms with Crippen LogP contribution < -0.4 is 0 Å². The molecule has 2 aromatic carbocycles. The summed E-state index contributed by atoms with van der Waals surface area (Å²) in [5.41, 5.74) is 3.53. The van der Waals surface area contributed by atoms with Crippen LogP contribution in [0.15, 0.2) is 64.2 Å². The third-order valence-corrected chi connectivity index (χ3v) is 4.96. The average molecular weight is 429 g/mol. The van der Waals surface area contributed by atoms with Crippen molar-refractivity contribution in [3.8, 4) is 0 Å². The van der Waals surface area contributed by atoms with Crippen LogP contribution in [0.25, 0.3) is 21.8 Å². The summed E-state index contributed by atoms with van der Waals surface area (Å²) in [7, 11) is 0. The lowest BCUT2D eigenvalue weighted by Crippen LogP contribution is -1.99. The SMILES string of the molecule is CC(=Nc1c(Cl)cc(F)cc1Br)c1ccc2ccc3cccnc3c2n1. The van der Waals surface area contributed by atoms with Crippen molar-refractivity contribution in [1.29, 1.82) is 0 Å². The molecule has 26 heavy (non-hydrogen) atoms. The van der Waals surface area contributed by atoms with Gasteiger partial charge in [0, 0.05) is 21.4 Å². The van der Waals surface area contributed by atoms with E-state index in [0.717, 1.165) is 21.8 Å². The molecule has 6 heteroatoms. The van der Waals surface area contributed by atoms with Gasteiger partial charge in [0.2, 0.25) is 0 Å². The molecule has 0 aliphatic rings. The second-order valence-electron chi connectivity index (χ2n) is 5.82. The molecule has 4 aromatic rings. The molecule has 0 radical (unpaired) electrons. The van der Waals surface area contributed by atoms with Crippen LogP contribution in [-0.4, -0.2) is 15.7 Å². The number of benzene rings is 2. The number of aromatic nitrogens is 2. The molecule has 0 bridgehead atoms. The molecular formula is C20H12BrClFN3. The van der Waals surface area contributed by atoms with Gasteiger partial charge in [-0.05, 0) is 47.1 Å². The summed E-state index contributed by atoms with van der Waals surface area (Å²) >= 11 is 9.44. The molecule has 0 aliphatic heterocycles. The van der Waals surface area contributed by atoms with E-state index in [0.29, 0.717) is 21.6 Å². The molecule has 0 saturated heterocycles. The number of hydrogen-bond donors (Lipinski definition) is 0. The summed E-state index contributed by atoms with van der Waals surface area (Å²) in [6.07, 6.45) is 1.76. The summed E-state index contributed by atoms with van der Waals surface area (Å²) in [5.74, 6) is -0.417. The number of hydrogen-bond acceptors (Lipinski definition) is 3. The standard InChI is InChI=1S/C20H12BrClFN3/c1-11(25-20-15(21)9-14(23)10-16(20)22)17-7-6-13-5-4-12-3-2-8-24-18(12)19(13)26-17/h2-10H,1H3. The first kappa shape index (κ1) is 17.1. The van der Waals surface area contributed by atoms with E-state index in [1.807, 2.05) is 43.3 Å². The van der Waals surface area contributed by atoms with Crippen molar-refractivity contribution in [2.45, 2.75) is 6.92 Å². The summed E-state index contributed by atoms with van der Waals surface area (Å²) in [6.45, 7) is 1.85. The highest BCUT2D eigenvalue weighted by molar-refractivity contribution is 9.10. The van der Waals surface area contributed by atoms with Crippen molar-refractivity contribution < 1.29 is 4.39 Å². The van der Waals surface area contributed by atoms with Gasteiger partial charge < -0.3 is 0 Å². The average Bonchev–Trinajstić information content (AvgIpc) is 2.64. The molecule has 0 atom stereocenters. The van der Waals surface area contributed by atoms with E-state index in [9.17, 15) is 4.39 Å². The Morgan fingerprint density at radius 1 is 1.08 bits per heavy atom. The van der Waals surface area contributed by atoms with Gasteiger partial charge >= 0.3 is 0 Å². The predicted octanol–water partition coefficient (Wildman–Crippen LogP) is 6.48. The lowest BCUT2D eigenvalue weighted by molar-refractivity contribution is 0.627. The Balaban J connectivity index is 1.87. The minimum absolute atomic E-state index is 0.240. The molecule has 0 unspecified atom stereocenters. The van der Waals surface area contributed by atoms with Crippen molar-refractivity contribution >= 4 is 60.7 Å². The zero-order chi connectivity index (χ0) is 18.3. The number of nitrogens with zero attached hydrogens (tertiary/aromatic N) is 3. The third kappa shape index (κ3) is 3.08. The summed E-state index contributed by atoms with van der Waals surface area (Å²) in [5, 5.41) is 2.28. The van der Waals surface area contributed by atoms with Crippen LogP contribution in [0.5, 0.6) is 0 Å². The summed E-state index contributed by atoms with van der Waals surface area (Å²) in [4.78, 5) is 13.8. The largest absolute Gasteiger partial charge is 0.254 e. The van der Waals surface area contributed by atoms with Crippen molar-refractivity contribution in [3.05, 3.63) is 75.7 Å². The Hall–Kier alpha value is -2.37. The number of fused-ring (bicyclic) bond motifs is 3. The van der Waals surface area contributed by atoms with E-state index in [4.69, 9.17) is 16.6 Å². The molecule has 128 valence electrons. The Labute approximate surface area is 162 Å². The molecule has 0 fully saturated rings. The maximum Gasteiger partial charge on any atom is 0.125 e. The second-order valence-corrected chi connectivity index (χ2v) is 7.09. The van der Waals surface area contributed by atoms with Crippen LogP contribution >= 0.6 is 27.5 Å².